The maximum atomic E-state index is 12.5. The van der Waals surface area contributed by atoms with Crippen LogP contribution in [-0.2, 0) is 14.3 Å². The van der Waals surface area contributed by atoms with Gasteiger partial charge in [-0.25, -0.2) is 0 Å². The van der Waals surface area contributed by atoms with Crippen molar-refractivity contribution < 1.29 is 14.3 Å². The van der Waals surface area contributed by atoms with Gasteiger partial charge in [0.1, 0.15) is 0 Å². The second-order valence-corrected chi connectivity index (χ2v) is 6.38. The van der Waals surface area contributed by atoms with Crippen LogP contribution in [0.25, 0.3) is 0 Å². The van der Waals surface area contributed by atoms with Crippen molar-refractivity contribution in [2.45, 2.75) is 63.6 Å². The average Bonchev–Trinajstić information content (AvgIpc) is 3.13. The zero-order valence-corrected chi connectivity index (χ0v) is 12.1. The molecule has 0 aromatic heterocycles. The lowest BCUT2D eigenvalue weighted by Crippen LogP contribution is -2.47. The molecule has 3 atom stereocenters. The number of carbonyl (C=O) groups excluding carboxylic acids is 2. The van der Waals surface area contributed by atoms with Gasteiger partial charge in [-0.3, -0.25) is 14.5 Å². The van der Waals surface area contributed by atoms with Crippen molar-refractivity contribution in [1.82, 2.24) is 10.2 Å². The van der Waals surface area contributed by atoms with Gasteiger partial charge in [0.05, 0.1) is 19.1 Å². The Labute approximate surface area is 120 Å². The van der Waals surface area contributed by atoms with Crippen molar-refractivity contribution >= 4 is 11.8 Å². The third kappa shape index (κ3) is 2.61. The summed E-state index contributed by atoms with van der Waals surface area (Å²) in [6, 6.07) is 0.0633. The highest BCUT2D eigenvalue weighted by Crippen LogP contribution is 2.28. The van der Waals surface area contributed by atoms with Crippen molar-refractivity contribution in [3.8, 4) is 0 Å². The number of ether oxygens (including phenoxy) is 1. The molecule has 0 bridgehead atoms. The molecule has 20 heavy (non-hydrogen) atoms. The van der Waals surface area contributed by atoms with Gasteiger partial charge in [-0.2, -0.15) is 0 Å². The van der Waals surface area contributed by atoms with E-state index in [1.54, 1.807) is 4.90 Å². The minimum absolute atomic E-state index is 0.00679. The Morgan fingerprint density at radius 2 is 2.00 bits per heavy atom. The summed E-state index contributed by atoms with van der Waals surface area (Å²) < 4.78 is 5.39. The first kappa shape index (κ1) is 14.0. The van der Waals surface area contributed by atoms with E-state index in [0.717, 1.165) is 45.3 Å². The molecule has 3 unspecified atom stereocenters. The molecule has 0 aromatic carbocycles. The van der Waals surface area contributed by atoms with Gasteiger partial charge in [0.15, 0.2) is 0 Å². The molecule has 0 radical (unpaired) electrons. The number of hydrogen-bond acceptors (Lipinski definition) is 4. The highest BCUT2D eigenvalue weighted by atomic mass is 16.5. The molecule has 3 fully saturated rings. The van der Waals surface area contributed by atoms with Crippen LogP contribution in [0.3, 0.4) is 0 Å². The van der Waals surface area contributed by atoms with E-state index in [2.05, 4.69) is 12.2 Å². The fourth-order valence-electron chi connectivity index (χ4n) is 3.73. The van der Waals surface area contributed by atoms with Gasteiger partial charge in [-0.1, -0.05) is 12.8 Å². The van der Waals surface area contributed by atoms with Gasteiger partial charge in [0.2, 0.25) is 11.8 Å². The topological polar surface area (TPSA) is 58.6 Å². The first-order valence-electron chi connectivity index (χ1n) is 7.86. The quantitative estimate of drug-likeness (QED) is 0.783. The van der Waals surface area contributed by atoms with Crippen LogP contribution in [0.4, 0.5) is 0 Å². The third-order valence-corrected chi connectivity index (χ3v) is 5.01. The lowest BCUT2D eigenvalue weighted by molar-refractivity contribution is -0.141. The molecule has 1 saturated carbocycles. The SMILES string of the molecule is CC(NC1CC(=O)N(C2CCCC2)C1=O)C1CCOC1. The van der Waals surface area contributed by atoms with Crippen LogP contribution in [0.5, 0.6) is 0 Å². The van der Waals surface area contributed by atoms with Gasteiger partial charge in [0, 0.05) is 18.7 Å². The van der Waals surface area contributed by atoms with Crippen LogP contribution in [0.2, 0.25) is 0 Å². The zero-order valence-electron chi connectivity index (χ0n) is 12.1. The predicted molar refractivity (Wildman–Crippen MR) is 74.0 cm³/mol. The molecule has 2 saturated heterocycles. The number of hydrogen-bond donors (Lipinski definition) is 1. The van der Waals surface area contributed by atoms with Gasteiger partial charge >= 0.3 is 0 Å². The molecule has 0 spiro atoms. The van der Waals surface area contributed by atoms with Crippen LogP contribution in [0.1, 0.15) is 45.4 Å². The fraction of sp³-hybridized carbons (Fsp3) is 0.867. The molecule has 3 aliphatic rings. The van der Waals surface area contributed by atoms with Gasteiger partial charge in [0.25, 0.3) is 0 Å². The molecule has 5 heteroatoms. The van der Waals surface area contributed by atoms with Gasteiger partial charge in [-0.05, 0) is 32.1 Å². The highest BCUT2D eigenvalue weighted by Gasteiger charge is 2.43. The van der Waals surface area contributed by atoms with Crippen LogP contribution < -0.4 is 5.32 Å². The summed E-state index contributed by atoms with van der Waals surface area (Å²) in [7, 11) is 0. The average molecular weight is 280 g/mol. The molecular formula is C15H24N2O3. The molecule has 2 amide bonds. The second-order valence-electron chi connectivity index (χ2n) is 6.38. The molecule has 3 rings (SSSR count). The Bertz CT molecular complexity index is 387. The van der Waals surface area contributed by atoms with E-state index in [9.17, 15) is 9.59 Å². The Kier molecular flexibility index (Phi) is 4.08. The van der Waals surface area contributed by atoms with Crippen LogP contribution in [0, 0.1) is 5.92 Å². The van der Waals surface area contributed by atoms with Crippen LogP contribution in [-0.4, -0.2) is 48.1 Å². The van der Waals surface area contributed by atoms with E-state index in [1.165, 1.54) is 0 Å². The van der Waals surface area contributed by atoms with E-state index in [-0.39, 0.29) is 29.9 Å². The van der Waals surface area contributed by atoms with E-state index >= 15 is 0 Å². The molecule has 1 aliphatic carbocycles. The number of nitrogens with one attached hydrogen (secondary N) is 1. The second kappa shape index (κ2) is 5.82. The van der Waals surface area contributed by atoms with Gasteiger partial charge in [-0.15, -0.1) is 0 Å². The largest absolute Gasteiger partial charge is 0.381 e. The van der Waals surface area contributed by atoms with Crippen LogP contribution in [0.15, 0.2) is 0 Å². The molecule has 2 heterocycles. The summed E-state index contributed by atoms with van der Waals surface area (Å²) in [6.45, 7) is 3.66. The summed E-state index contributed by atoms with van der Waals surface area (Å²) in [6.07, 6.45) is 5.60. The lowest BCUT2D eigenvalue weighted by Gasteiger charge is -2.25. The van der Waals surface area contributed by atoms with Crippen LogP contribution >= 0.6 is 0 Å². The van der Waals surface area contributed by atoms with Crippen molar-refractivity contribution in [2.75, 3.05) is 13.2 Å². The monoisotopic (exact) mass is 280 g/mol. The molecule has 2 aliphatic heterocycles. The number of amides is 2. The lowest BCUT2D eigenvalue weighted by atomic mass is 9.99. The highest BCUT2D eigenvalue weighted by molar-refractivity contribution is 6.05. The molecular weight excluding hydrogens is 256 g/mol. The number of carbonyl (C=O) groups is 2. The standard InChI is InChI=1S/C15H24N2O3/c1-10(11-6-7-20-9-11)16-13-8-14(18)17(15(13)19)12-4-2-3-5-12/h10-13,16H,2-9H2,1H3. The Morgan fingerprint density at radius 1 is 1.25 bits per heavy atom. The smallest absolute Gasteiger partial charge is 0.247 e. The normalized spacial score (nSPS) is 33.4. The molecule has 0 aromatic rings. The zero-order chi connectivity index (χ0) is 14.1. The van der Waals surface area contributed by atoms with E-state index in [0.29, 0.717) is 12.3 Å². The molecule has 1 N–H and O–H groups in total. The number of imide groups is 1. The Hall–Kier alpha value is -0.940. The number of likely N-dealkylation sites (tertiary alicyclic amines) is 1. The maximum Gasteiger partial charge on any atom is 0.247 e. The summed E-state index contributed by atoms with van der Waals surface area (Å²) in [5.41, 5.74) is 0. The third-order valence-electron chi connectivity index (χ3n) is 5.01. The minimum Gasteiger partial charge on any atom is -0.381 e. The number of nitrogens with zero attached hydrogens (tertiary/aromatic N) is 1. The maximum absolute atomic E-state index is 12.5. The number of rotatable bonds is 4. The summed E-state index contributed by atoms with van der Waals surface area (Å²) in [5, 5.41) is 3.36. The first-order valence-corrected chi connectivity index (χ1v) is 7.86. The first-order chi connectivity index (χ1) is 9.66. The summed E-state index contributed by atoms with van der Waals surface area (Å²) >= 11 is 0. The van der Waals surface area contributed by atoms with Crippen molar-refractivity contribution in [1.29, 1.82) is 0 Å². The predicted octanol–water partition coefficient (Wildman–Crippen LogP) is 1.07. The Morgan fingerprint density at radius 3 is 2.65 bits per heavy atom. The Balaban J connectivity index is 1.60. The molecule has 5 nitrogen and oxygen atoms in total. The van der Waals surface area contributed by atoms with E-state index < -0.39 is 0 Å². The minimum atomic E-state index is -0.321. The van der Waals surface area contributed by atoms with Gasteiger partial charge < -0.3 is 10.1 Å². The van der Waals surface area contributed by atoms with Crippen molar-refractivity contribution in [3.63, 3.8) is 0 Å². The fourth-order valence-corrected chi connectivity index (χ4v) is 3.73. The van der Waals surface area contributed by atoms with Crippen molar-refractivity contribution in [3.05, 3.63) is 0 Å². The van der Waals surface area contributed by atoms with Crippen molar-refractivity contribution in [2.24, 2.45) is 5.92 Å². The van der Waals surface area contributed by atoms with E-state index in [1.807, 2.05) is 0 Å². The molecule has 112 valence electrons. The van der Waals surface area contributed by atoms with E-state index in [4.69, 9.17) is 4.74 Å². The summed E-state index contributed by atoms with van der Waals surface area (Å²) in [5.74, 6) is 0.459. The summed E-state index contributed by atoms with van der Waals surface area (Å²) in [4.78, 5) is 26.1.